The lowest BCUT2D eigenvalue weighted by Gasteiger charge is -2.33. The fourth-order valence-corrected chi connectivity index (χ4v) is 15.4. The van der Waals surface area contributed by atoms with E-state index in [1.54, 1.807) is 54.7 Å². The maximum absolute atomic E-state index is 15.2. The number of carboxylic acid groups (broad SMARTS) is 2. The summed E-state index contributed by atoms with van der Waals surface area (Å²) in [6.45, 7) is 0.522. The predicted molar refractivity (Wildman–Crippen MR) is 403 cm³/mol. The number of hydrogen-bond donors (Lipinski definition) is 19. The predicted octanol–water partition coefficient (Wildman–Crippen LogP) is -2.83. The lowest BCUT2D eigenvalue weighted by atomic mass is 9.99. The number of rotatable bonds is 27. The number of para-hydroxylation sites is 1. The third-order valence-electron chi connectivity index (χ3n) is 18.7. The third kappa shape index (κ3) is 24.8. The molecule has 22 N–H and O–H groups in total. The number of fused-ring (bicyclic) bond motifs is 2. The summed E-state index contributed by atoms with van der Waals surface area (Å²) in [7, 11) is 1.84. The number of unbranched alkanes of at least 4 members (excludes halogenated alkanes) is 1. The van der Waals surface area contributed by atoms with E-state index in [4.69, 9.17) is 22.6 Å². The molecule has 110 heavy (non-hydrogen) atoms. The Hall–Kier alpha value is -11.4. The molecule has 0 unspecified atom stereocenters. The minimum atomic E-state index is -1.71. The number of nitrogens with one attached hydrogen (secondary N) is 14. The van der Waals surface area contributed by atoms with Crippen LogP contribution in [-0.4, -0.2) is 240 Å². The van der Waals surface area contributed by atoms with Gasteiger partial charge in [-0.25, -0.2) is 4.98 Å². The summed E-state index contributed by atoms with van der Waals surface area (Å²) in [6, 6.07) is 3.45. The summed E-state index contributed by atoms with van der Waals surface area (Å²) in [5, 5.41) is 58.1. The van der Waals surface area contributed by atoms with Gasteiger partial charge in [0.15, 0.2) is 5.96 Å². The highest BCUT2D eigenvalue weighted by Gasteiger charge is 2.45. The van der Waals surface area contributed by atoms with Crippen LogP contribution in [0, 0.1) is 5.41 Å². The summed E-state index contributed by atoms with van der Waals surface area (Å²) >= 11 is 0. The van der Waals surface area contributed by atoms with Crippen molar-refractivity contribution in [3.8, 4) is 0 Å². The van der Waals surface area contributed by atoms with E-state index in [-0.39, 0.29) is 95.5 Å². The Morgan fingerprint density at radius 1 is 0.655 bits per heavy atom. The molecule has 39 heteroatoms. The van der Waals surface area contributed by atoms with Crippen LogP contribution < -0.4 is 75.7 Å². The Bertz CT molecular complexity index is 4180. The Labute approximate surface area is 639 Å². The number of carbonyl (C=O) groups excluding carboxylic acids is 13. The normalized spacial score (nSPS) is 22.2. The monoisotopic (exact) mass is 1560 g/mol. The zero-order chi connectivity index (χ0) is 79.6. The van der Waals surface area contributed by atoms with Crippen LogP contribution in [-0.2, 0) is 91.2 Å². The molecule has 0 radical (unpaired) electrons. The molecular formula is C71H94N20O17S2. The molecular weight excluding hydrogens is 1470 g/mol. The van der Waals surface area contributed by atoms with Crippen molar-refractivity contribution < 1.29 is 82.1 Å². The number of imidazole rings is 1. The molecule has 0 saturated carbocycles. The van der Waals surface area contributed by atoms with E-state index in [1.807, 2.05) is 18.2 Å². The molecule has 11 atom stereocenters. The number of aliphatic carboxylic acids is 2. The van der Waals surface area contributed by atoms with Gasteiger partial charge in [-0.2, -0.15) is 0 Å². The van der Waals surface area contributed by atoms with Crippen molar-refractivity contribution >= 4 is 138 Å². The molecule has 13 amide bonds. The van der Waals surface area contributed by atoms with Crippen LogP contribution in [0.5, 0.6) is 0 Å². The van der Waals surface area contributed by atoms with Crippen LogP contribution in [0.25, 0.3) is 21.7 Å². The van der Waals surface area contributed by atoms with Gasteiger partial charge in [-0.15, -0.1) is 0 Å². The molecule has 8 rings (SSSR count). The molecule has 37 nitrogen and oxygen atoms in total. The fraction of sp³-hybridized carbons (Fsp3) is 0.479. The van der Waals surface area contributed by atoms with Crippen LogP contribution in [0.3, 0.4) is 0 Å². The first-order valence-electron chi connectivity index (χ1n) is 36.0. The summed E-state index contributed by atoms with van der Waals surface area (Å²) in [5.74, 6) is -15.6. The molecule has 3 aromatic carbocycles. The molecule has 0 spiro atoms. The van der Waals surface area contributed by atoms with Crippen LogP contribution in [0.2, 0.25) is 0 Å². The number of aromatic nitrogens is 3. The van der Waals surface area contributed by atoms with E-state index in [1.165, 1.54) is 22.3 Å². The van der Waals surface area contributed by atoms with Crippen molar-refractivity contribution in [1.29, 1.82) is 5.41 Å². The highest BCUT2D eigenvalue weighted by Crippen LogP contribution is 2.29. The first-order chi connectivity index (χ1) is 52.7. The molecule has 592 valence electrons. The average molecular weight is 1560 g/mol. The second kappa shape index (κ2) is 41.3. The first-order valence-corrected chi connectivity index (χ1v) is 38.5. The van der Waals surface area contributed by atoms with E-state index in [0.29, 0.717) is 47.0 Å². The number of hydrogen-bond acceptors (Lipinski definition) is 20. The lowest BCUT2D eigenvalue weighted by Crippen LogP contribution is -2.61. The standard InChI is InChI=1S/C71H94N20O17S2/c1-38(92)81-53-35-109-110-36-54(69(107)91-26-10-18-56(91)70(108)90-25-9-17-55(90)68(106)85-46(15-6-7-23-72)62(100)86-49(60(73)98)31-59(96)97)82-57(93)34-79-61(99)51(29-42-32-78-45-14-5-4-13-44(42)45)88-63(101)47(16-8-24-77-71(74)75)83-65(103)50(28-39-19-20-40-11-2-3-12-41(40)27-39)87-66(104)52(30-43-33-76-37-80-43)89-64(102)48(84-67(53)105)21-22-58(94)95/h2-5,11-14,19-20,27,32-33,37,46-56,78H,6-10,15-18,21-26,28-31,34-36,72H2,1H3,(H2,73,98)(H,76,80)(H,79,99)(H,81,92)(H,82,93)(H,83,103)(H,84,105)(H,85,106)(H,86,100)(H,87,104)(H,88,101)(H,89,102)(H,94,95)(H,96,97)(H4,74,75,77)/t46-,47-,48-,49-,50+,51-,52-,53-,54-,55-,56-/m0/s1. The van der Waals surface area contributed by atoms with Crippen LogP contribution in [0.15, 0.2) is 85.5 Å². The van der Waals surface area contributed by atoms with Gasteiger partial charge in [0.25, 0.3) is 0 Å². The number of nitrogens with zero attached hydrogens (tertiary/aromatic N) is 3. The maximum Gasteiger partial charge on any atom is 0.305 e. The van der Waals surface area contributed by atoms with Crippen molar-refractivity contribution in [2.45, 2.75) is 170 Å². The second-order valence-corrected chi connectivity index (χ2v) is 29.4. The average Bonchev–Trinajstić information content (AvgIpc) is 1.61. The van der Waals surface area contributed by atoms with Gasteiger partial charge in [0, 0.05) is 92.7 Å². The number of H-pyrrole nitrogens is 2. The second-order valence-electron chi connectivity index (χ2n) is 26.9. The van der Waals surface area contributed by atoms with Crippen molar-refractivity contribution in [1.82, 2.24) is 83.2 Å². The smallest absolute Gasteiger partial charge is 0.305 e. The molecule has 3 fully saturated rings. The number of aromatic amines is 2. The summed E-state index contributed by atoms with van der Waals surface area (Å²) in [5.41, 5.74) is 18.8. The topological polar surface area (TPSA) is 582 Å². The first kappa shape index (κ1) is 84.3. The van der Waals surface area contributed by atoms with Gasteiger partial charge in [-0.05, 0) is 98.7 Å². The zero-order valence-corrected chi connectivity index (χ0v) is 62.0. The Balaban J connectivity index is 1.13. The van der Waals surface area contributed by atoms with Gasteiger partial charge < -0.3 is 106 Å². The van der Waals surface area contributed by atoms with Gasteiger partial charge in [0.2, 0.25) is 76.8 Å². The van der Waals surface area contributed by atoms with Crippen LogP contribution >= 0.6 is 21.6 Å². The Morgan fingerprint density at radius 3 is 1.95 bits per heavy atom. The quantitative estimate of drug-likeness (QED) is 0.0109. The maximum atomic E-state index is 15.2. The molecule has 5 aromatic rings. The Morgan fingerprint density at radius 2 is 1.28 bits per heavy atom. The highest BCUT2D eigenvalue weighted by atomic mass is 33.1. The number of benzene rings is 3. The molecule has 5 heterocycles. The third-order valence-corrected chi connectivity index (χ3v) is 21.1. The number of likely N-dealkylation sites (tertiary alicyclic amines) is 2. The van der Waals surface area contributed by atoms with Crippen molar-refractivity contribution in [3.63, 3.8) is 0 Å². The molecule has 2 aromatic heterocycles. The number of amides is 13. The van der Waals surface area contributed by atoms with Gasteiger partial charge in [-0.1, -0.05) is 82.3 Å². The molecule has 3 aliphatic heterocycles. The highest BCUT2D eigenvalue weighted by molar-refractivity contribution is 8.76. The van der Waals surface area contributed by atoms with E-state index < -0.39 is 187 Å². The van der Waals surface area contributed by atoms with Gasteiger partial charge in [0.1, 0.15) is 66.5 Å². The summed E-state index contributed by atoms with van der Waals surface area (Å²) in [6.07, 6.45) is 2.85. The van der Waals surface area contributed by atoms with E-state index in [9.17, 15) is 63.0 Å². The zero-order valence-electron chi connectivity index (χ0n) is 60.4. The van der Waals surface area contributed by atoms with Gasteiger partial charge in [-0.3, -0.25) is 77.3 Å². The van der Waals surface area contributed by atoms with Gasteiger partial charge in [0.05, 0.1) is 19.3 Å². The number of carbonyl (C=O) groups is 15. The van der Waals surface area contributed by atoms with Gasteiger partial charge >= 0.3 is 11.9 Å². The number of carboxylic acids is 2. The summed E-state index contributed by atoms with van der Waals surface area (Å²) < 4.78 is 0. The Kier molecular flexibility index (Phi) is 31.6. The van der Waals surface area contributed by atoms with Crippen molar-refractivity contribution in [2.75, 3.05) is 44.2 Å². The van der Waals surface area contributed by atoms with E-state index >= 15 is 19.2 Å². The SMILES string of the molecule is CC(=O)N[C@H]1CSSC[C@@H](C(=O)N2CCC[C@H]2C(=O)N2CCC[C@H]2C(=O)N[C@@H](CCCCN)C(=O)N[C@@H](CC(=O)O)C(N)=O)NC(=O)CNC(=O)[C@H](Cc2c[nH]c3ccccc23)NC(=O)[C@H](CCCNC(=N)N)NC(=O)[C@@H](Cc2ccc3ccccc3c2)NC(=O)[C@H](Cc2cnc[nH]2)NC(=O)[C@H](CCC(=O)O)NC1=O. The van der Waals surface area contributed by atoms with Crippen molar-refractivity contribution in [3.05, 3.63) is 102 Å². The minimum absolute atomic E-state index is 0.000654. The molecule has 0 aliphatic carbocycles. The summed E-state index contributed by atoms with van der Waals surface area (Å²) in [4.78, 5) is 223. The number of nitrogens with two attached hydrogens (primary N) is 3. The van der Waals surface area contributed by atoms with Crippen LogP contribution in [0.4, 0.5) is 0 Å². The largest absolute Gasteiger partial charge is 0.481 e. The molecule has 3 aliphatic rings. The lowest BCUT2D eigenvalue weighted by molar-refractivity contribution is -0.148. The fourth-order valence-electron chi connectivity index (χ4n) is 13.1. The minimum Gasteiger partial charge on any atom is -0.481 e. The molecule has 3 saturated heterocycles. The van der Waals surface area contributed by atoms with Crippen LogP contribution in [0.1, 0.15) is 101 Å². The van der Waals surface area contributed by atoms with Crippen molar-refractivity contribution in [2.24, 2.45) is 17.2 Å². The molecule has 0 bridgehead atoms. The van der Waals surface area contributed by atoms with E-state index in [2.05, 4.69) is 73.4 Å². The number of guanidine groups is 1. The number of primary amides is 1. The van der Waals surface area contributed by atoms with E-state index in [0.717, 1.165) is 39.3 Å².